The van der Waals surface area contributed by atoms with Crippen molar-refractivity contribution in [2.24, 2.45) is 0 Å². The Hall–Kier alpha value is -1.85. The van der Waals surface area contributed by atoms with Crippen molar-refractivity contribution in [3.63, 3.8) is 0 Å². The third-order valence-corrected chi connectivity index (χ3v) is 4.26. The van der Waals surface area contributed by atoms with E-state index in [0.29, 0.717) is 0 Å². The zero-order valence-electron chi connectivity index (χ0n) is 12.2. The summed E-state index contributed by atoms with van der Waals surface area (Å²) >= 11 is 1.70. The van der Waals surface area contributed by atoms with Crippen LogP contribution in [-0.2, 0) is 6.42 Å². The van der Waals surface area contributed by atoms with Gasteiger partial charge >= 0.3 is 0 Å². The summed E-state index contributed by atoms with van der Waals surface area (Å²) in [7, 11) is 0. The second kappa shape index (κ2) is 6.28. The van der Waals surface area contributed by atoms with Crippen LogP contribution in [0.3, 0.4) is 0 Å². The van der Waals surface area contributed by atoms with Crippen LogP contribution in [0.1, 0.15) is 29.2 Å². The number of para-hydroxylation sites is 1. The van der Waals surface area contributed by atoms with Gasteiger partial charge in [-0.1, -0.05) is 19.1 Å². The number of likely N-dealkylation sites (N-methyl/N-ethyl adjacent to an activating group) is 1. The molecule has 0 radical (unpaired) electrons. The molecule has 1 atom stereocenters. The smallest absolute Gasteiger partial charge is 0.0934 e. The molecule has 4 nitrogen and oxygen atoms in total. The fraction of sp³-hybridized carbons (Fsp3) is 0.312. The number of aromatic nitrogens is 3. The molecular formula is C16H18N4S. The molecule has 3 rings (SSSR count). The van der Waals surface area contributed by atoms with Crippen LogP contribution in [0.2, 0.25) is 0 Å². The molecule has 0 spiro atoms. The van der Waals surface area contributed by atoms with Crippen LogP contribution >= 0.6 is 11.3 Å². The molecule has 2 aromatic heterocycles. The summed E-state index contributed by atoms with van der Waals surface area (Å²) in [4.78, 5) is 13.5. The molecule has 0 saturated carbocycles. The van der Waals surface area contributed by atoms with E-state index in [1.165, 1.54) is 5.56 Å². The van der Waals surface area contributed by atoms with Crippen LogP contribution < -0.4 is 5.32 Å². The standard InChI is InChI=1S/C16H18N4S/c1-3-17-15(9-12-10-21-11(2)20-12)13-5-4-6-14-16(13)19-8-7-18-14/h4-8,10,15,17H,3,9H2,1-2H3. The molecule has 5 heteroatoms. The lowest BCUT2D eigenvalue weighted by molar-refractivity contribution is 0.547. The van der Waals surface area contributed by atoms with Crippen molar-refractivity contribution in [1.29, 1.82) is 0 Å². The Kier molecular flexibility index (Phi) is 4.22. The highest BCUT2D eigenvalue weighted by molar-refractivity contribution is 7.09. The number of benzene rings is 1. The molecular weight excluding hydrogens is 280 g/mol. The van der Waals surface area contributed by atoms with E-state index in [9.17, 15) is 0 Å². The van der Waals surface area contributed by atoms with Crippen molar-refractivity contribution in [2.75, 3.05) is 6.54 Å². The van der Waals surface area contributed by atoms with E-state index >= 15 is 0 Å². The van der Waals surface area contributed by atoms with Crippen LogP contribution in [-0.4, -0.2) is 21.5 Å². The molecule has 0 aliphatic heterocycles. The molecule has 108 valence electrons. The Morgan fingerprint density at radius 3 is 2.86 bits per heavy atom. The molecule has 0 aliphatic carbocycles. The van der Waals surface area contributed by atoms with Crippen molar-refractivity contribution < 1.29 is 0 Å². The Morgan fingerprint density at radius 1 is 1.24 bits per heavy atom. The predicted octanol–water partition coefficient (Wildman–Crippen LogP) is 3.29. The second-order valence-electron chi connectivity index (χ2n) is 4.94. The number of hydrogen-bond donors (Lipinski definition) is 1. The molecule has 2 heterocycles. The summed E-state index contributed by atoms with van der Waals surface area (Å²) in [6.45, 7) is 5.07. The third-order valence-electron chi connectivity index (χ3n) is 3.44. The van der Waals surface area contributed by atoms with Gasteiger partial charge in [0.05, 0.1) is 21.7 Å². The third kappa shape index (κ3) is 3.09. The maximum Gasteiger partial charge on any atom is 0.0934 e. The van der Waals surface area contributed by atoms with E-state index in [0.717, 1.165) is 34.7 Å². The quantitative estimate of drug-likeness (QED) is 0.785. The zero-order valence-corrected chi connectivity index (χ0v) is 13.0. The minimum atomic E-state index is 0.205. The van der Waals surface area contributed by atoms with Crippen LogP contribution in [0.5, 0.6) is 0 Å². The lowest BCUT2D eigenvalue weighted by Gasteiger charge is -2.18. The van der Waals surface area contributed by atoms with Crippen molar-refractivity contribution in [1.82, 2.24) is 20.3 Å². The van der Waals surface area contributed by atoms with Gasteiger partial charge in [-0.2, -0.15) is 0 Å². The van der Waals surface area contributed by atoms with Crippen molar-refractivity contribution in [2.45, 2.75) is 26.3 Å². The van der Waals surface area contributed by atoms with Gasteiger partial charge in [0, 0.05) is 30.2 Å². The molecule has 0 saturated heterocycles. The average molecular weight is 298 g/mol. The molecule has 1 aromatic carbocycles. The summed E-state index contributed by atoms with van der Waals surface area (Å²) in [6.07, 6.45) is 4.36. The highest BCUT2D eigenvalue weighted by Gasteiger charge is 2.16. The maximum absolute atomic E-state index is 4.58. The van der Waals surface area contributed by atoms with Gasteiger partial charge in [0.15, 0.2) is 0 Å². The monoisotopic (exact) mass is 298 g/mol. The van der Waals surface area contributed by atoms with Crippen molar-refractivity contribution in [3.8, 4) is 0 Å². The summed E-state index contributed by atoms with van der Waals surface area (Å²) < 4.78 is 0. The van der Waals surface area contributed by atoms with Crippen LogP contribution in [0.15, 0.2) is 36.0 Å². The van der Waals surface area contributed by atoms with Crippen LogP contribution in [0.4, 0.5) is 0 Å². The molecule has 21 heavy (non-hydrogen) atoms. The fourth-order valence-electron chi connectivity index (χ4n) is 2.55. The van der Waals surface area contributed by atoms with E-state index < -0.39 is 0 Å². The lowest BCUT2D eigenvalue weighted by Crippen LogP contribution is -2.23. The van der Waals surface area contributed by atoms with Gasteiger partial charge in [-0.25, -0.2) is 4.98 Å². The Morgan fingerprint density at radius 2 is 2.10 bits per heavy atom. The normalized spacial score (nSPS) is 12.7. The van der Waals surface area contributed by atoms with Crippen LogP contribution in [0.25, 0.3) is 11.0 Å². The zero-order chi connectivity index (χ0) is 14.7. The topological polar surface area (TPSA) is 50.7 Å². The number of hydrogen-bond acceptors (Lipinski definition) is 5. The van der Waals surface area contributed by atoms with E-state index in [2.05, 4.69) is 38.6 Å². The molecule has 1 unspecified atom stereocenters. The van der Waals surface area contributed by atoms with Crippen LogP contribution in [0, 0.1) is 6.92 Å². The summed E-state index contributed by atoms with van der Waals surface area (Å²) in [5.41, 5.74) is 4.22. The van der Waals surface area contributed by atoms with Gasteiger partial charge in [0.2, 0.25) is 0 Å². The summed E-state index contributed by atoms with van der Waals surface area (Å²) in [5.74, 6) is 0. The molecule has 0 fully saturated rings. The highest BCUT2D eigenvalue weighted by Crippen LogP contribution is 2.24. The first kappa shape index (κ1) is 14.1. The largest absolute Gasteiger partial charge is 0.310 e. The molecule has 0 aliphatic rings. The second-order valence-corrected chi connectivity index (χ2v) is 6.01. The number of aryl methyl sites for hydroxylation is 1. The number of thiazole rings is 1. The number of nitrogens with zero attached hydrogens (tertiary/aromatic N) is 3. The Balaban J connectivity index is 1.98. The first-order valence-electron chi connectivity index (χ1n) is 7.12. The van der Waals surface area contributed by atoms with E-state index in [-0.39, 0.29) is 6.04 Å². The van der Waals surface area contributed by atoms with Gasteiger partial charge < -0.3 is 5.32 Å². The lowest BCUT2D eigenvalue weighted by atomic mass is 10.0. The fourth-order valence-corrected chi connectivity index (χ4v) is 3.17. The van der Waals surface area contributed by atoms with Crippen molar-refractivity contribution >= 4 is 22.4 Å². The molecule has 1 N–H and O–H groups in total. The molecule has 0 amide bonds. The minimum Gasteiger partial charge on any atom is -0.310 e. The predicted molar refractivity (Wildman–Crippen MR) is 86.5 cm³/mol. The van der Waals surface area contributed by atoms with E-state index in [1.54, 1.807) is 23.7 Å². The summed E-state index contributed by atoms with van der Waals surface area (Å²) in [5, 5.41) is 6.79. The first-order valence-corrected chi connectivity index (χ1v) is 8.00. The van der Waals surface area contributed by atoms with Gasteiger partial charge in [0.1, 0.15) is 0 Å². The number of nitrogens with one attached hydrogen (secondary N) is 1. The minimum absolute atomic E-state index is 0.205. The van der Waals surface area contributed by atoms with Gasteiger partial charge in [-0.05, 0) is 25.1 Å². The Labute approximate surface area is 128 Å². The first-order chi connectivity index (χ1) is 10.3. The molecule has 0 bridgehead atoms. The van der Waals surface area contributed by atoms with Gasteiger partial charge in [-0.3, -0.25) is 9.97 Å². The Bertz CT molecular complexity index is 732. The van der Waals surface area contributed by atoms with E-state index in [4.69, 9.17) is 0 Å². The SMILES string of the molecule is CCNC(Cc1csc(C)n1)c1cccc2nccnc12. The molecule has 3 aromatic rings. The summed E-state index contributed by atoms with van der Waals surface area (Å²) in [6, 6.07) is 6.38. The van der Waals surface area contributed by atoms with Gasteiger partial charge in [0.25, 0.3) is 0 Å². The average Bonchev–Trinajstić information content (AvgIpc) is 2.91. The van der Waals surface area contributed by atoms with Crippen molar-refractivity contribution in [3.05, 3.63) is 52.2 Å². The van der Waals surface area contributed by atoms with Gasteiger partial charge in [-0.15, -0.1) is 11.3 Å². The highest BCUT2D eigenvalue weighted by atomic mass is 32.1. The number of rotatable bonds is 5. The maximum atomic E-state index is 4.58. The number of fused-ring (bicyclic) bond motifs is 1. The van der Waals surface area contributed by atoms with E-state index in [1.807, 2.05) is 19.1 Å².